The van der Waals surface area contributed by atoms with E-state index in [1.54, 1.807) is 0 Å². The zero-order valence-electron chi connectivity index (χ0n) is 10.9. The van der Waals surface area contributed by atoms with E-state index in [0.29, 0.717) is 24.2 Å². The standard InChI is InChI=1S/C13H23N3O/c1-10(2)15-8-11-7-12(9-15)16(11)13(17)14-5-3-4-6-14/h10-12H,3-9H2,1-2H3. The van der Waals surface area contributed by atoms with Gasteiger partial charge in [-0.25, -0.2) is 4.79 Å². The van der Waals surface area contributed by atoms with Crippen molar-refractivity contribution in [1.82, 2.24) is 14.7 Å². The van der Waals surface area contributed by atoms with Crippen LogP contribution in [-0.4, -0.2) is 65.0 Å². The average Bonchev–Trinajstić information content (AvgIpc) is 2.82. The molecule has 4 rings (SSSR count). The van der Waals surface area contributed by atoms with E-state index >= 15 is 0 Å². The molecule has 4 fully saturated rings. The Morgan fingerprint density at radius 2 is 1.71 bits per heavy atom. The fourth-order valence-corrected chi connectivity index (χ4v) is 3.45. The molecule has 96 valence electrons. The number of nitrogens with zero attached hydrogens (tertiary/aromatic N) is 3. The minimum Gasteiger partial charge on any atom is -0.325 e. The van der Waals surface area contributed by atoms with Crippen LogP contribution in [0.3, 0.4) is 0 Å². The lowest BCUT2D eigenvalue weighted by atomic mass is 9.87. The summed E-state index contributed by atoms with van der Waals surface area (Å²) in [6.07, 6.45) is 3.60. The first kappa shape index (κ1) is 11.3. The van der Waals surface area contributed by atoms with Gasteiger partial charge in [-0.15, -0.1) is 0 Å². The largest absolute Gasteiger partial charge is 0.325 e. The van der Waals surface area contributed by atoms with Crippen LogP contribution in [0.25, 0.3) is 0 Å². The molecule has 0 aliphatic carbocycles. The Labute approximate surface area is 104 Å². The lowest BCUT2D eigenvalue weighted by Crippen LogP contribution is -2.72. The van der Waals surface area contributed by atoms with Gasteiger partial charge < -0.3 is 9.80 Å². The molecule has 0 aromatic rings. The fourth-order valence-electron chi connectivity index (χ4n) is 3.45. The number of carbonyl (C=O) groups excluding carboxylic acids is 1. The van der Waals surface area contributed by atoms with Crippen LogP contribution < -0.4 is 0 Å². The Morgan fingerprint density at radius 1 is 1.12 bits per heavy atom. The lowest BCUT2D eigenvalue weighted by molar-refractivity contribution is -0.0541. The molecule has 0 saturated carbocycles. The Kier molecular flexibility index (Phi) is 2.77. The minimum atomic E-state index is 0.312. The van der Waals surface area contributed by atoms with Crippen molar-refractivity contribution in [2.45, 2.75) is 51.2 Å². The Balaban J connectivity index is 1.62. The minimum absolute atomic E-state index is 0.312. The molecule has 0 spiro atoms. The highest BCUT2D eigenvalue weighted by molar-refractivity contribution is 5.76. The number of hydrogen-bond acceptors (Lipinski definition) is 2. The molecule has 2 amide bonds. The first-order chi connectivity index (χ1) is 8.16. The van der Waals surface area contributed by atoms with E-state index in [1.807, 2.05) is 4.90 Å². The second kappa shape index (κ2) is 4.16. The van der Waals surface area contributed by atoms with Crippen LogP contribution in [-0.2, 0) is 0 Å². The number of carbonyl (C=O) groups is 1. The Morgan fingerprint density at radius 3 is 2.24 bits per heavy atom. The number of fused-ring (bicyclic) bond motifs is 2. The molecule has 4 heteroatoms. The van der Waals surface area contributed by atoms with Crippen LogP contribution in [0.4, 0.5) is 4.79 Å². The summed E-state index contributed by atoms with van der Waals surface area (Å²) in [6.45, 7) is 8.60. The van der Waals surface area contributed by atoms with Gasteiger partial charge in [0.15, 0.2) is 0 Å². The number of amides is 2. The van der Waals surface area contributed by atoms with Crippen molar-refractivity contribution in [3.8, 4) is 0 Å². The van der Waals surface area contributed by atoms with Gasteiger partial charge in [-0.05, 0) is 33.1 Å². The van der Waals surface area contributed by atoms with Gasteiger partial charge in [0.05, 0.1) is 0 Å². The molecule has 4 saturated heterocycles. The molecule has 0 N–H and O–H groups in total. The number of likely N-dealkylation sites (tertiary alicyclic amines) is 1. The summed E-state index contributed by atoms with van der Waals surface area (Å²) in [5, 5.41) is 0. The molecule has 2 bridgehead atoms. The summed E-state index contributed by atoms with van der Waals surface area (Å²) in [6, 6.07) is 1.91. The summed E-state index contributed by atoms with van der Waals surface area (Å²) in [5.74, 6) is 0. The molecule has 0 radical (unpaired) electrons. The molecule has 2 unspecified atom stereocenters. The summed E-state index contributed by atoms with van der Waals surface area (Å²) < 4.78 is 0. The van der Waals surface area contributed by atoms with Gasteiger partial charge in [-0.3, -0.25) is 4.90 Å². The molecular formula is C13H23N3O. The number of piperazine rings is 1. The van der Waals surface area contributed by atoms with Crippen molar-refractivity contribution in [2.75, 3.05) is 26.2 Å². The second-order valence-electron chi connectivity index (χ2n) is 5.98. The maximum absolute atomic E-state index is 12.4. The molecule has 0 aromatic carbocycles. The highest BCUT2D eigenvalue weighted by Gasteiger charge is 2.48. The molecule has 4 aliphatic rings. The third kappa shape index (κ3) is 1.82. The van der Waals surface area contributed by atoms with Gasteiger partial charge in [-0.1, -0.05) is 0 Å². The first-order valence-corrected chi connectivity index (χ1v) is 6.98. The molecular weight excluding hydrogens is 214 g/mol. The van der Waals surface area contributed by atoms with Gasteiger partial charge >= 0.3 is 6.03 Å². The molecule has 4 heterocycles. The highest BCUT2D eigenvalue weighted by atomic mass is 16.2. The molecule has 0 aromatic heterocycles. The van der Waals surface area contributed by atoms with E-state index in [0.717, 1.165) is 26.2 Å². The topological polar surface area (TPSA) is 26.8 Å². The van der Waals surface area contributed by atoms with E-state index in [1.165, 1.54) is 19.3 Å². The zero-order valence-corrected chi connectivity index (χ0v) is 10.9. The number of hydrogen-bond donors (Lipinski definition) is 0. The van der Waals surface area contributed by atoms with E-state index in [-0.39, 0.29) is 0 Å². The number of rotatable bonds is 1. The normalized spacial score (nSPS) is 33.1. The SMILES string of the molecule is CC(C)N1CC2CC(C1)N2C(=O)N1CCCC1. The third-order valence-corrected chi connectivity index (χ3v) is 4.55. The Bertz CT molecular complexity index is 300. The van der Waals surface area contributed by atoms with Crippen LogP contribution in [0, 0.1) is 0 Å². The first-order valence-electron chi connectivity index (χ1n) is 6.98. The van der Waals surface area contributed by atoms with Crippen molar-refractivity contribution in [3.05, 3.63) is 0 Å². The smallest absolute Gasteiger partial charge is 0.320 e. The fraction of sp³-hybridized carbons (Fsp3) is 0.923. The van der Waals surface area contributed by atoms with Crippen molar-refractivity contribution < 1.29 is 4.79 Å². The second-order valence-corrected chi connectivity index (χ2v) is 5.98. The van der Waals surface area contributed by atoms with Crippen LogP contribution in [0.15, 0.2) is 0 Å². The Hall–Kier alpha value is -0.770. The quantitative estimate of drug-likeness (QED) is 0.688. The van der Waals surface area contributed by atoms with Crippen molar-refractivity contribution in [1.29, 1.82) is 0 Å². The van der Waals surface area contributed by atoms with E-state index in [9.17, 15) is 4.79 Å². The summed E-state index contributed by atoms with van der Waals surface area (Å²) >= 11 is 0. The van der Waals surface area contributed by atoms with Gasteiger partial charge in [-0.2, -0.15) is 0 Å². The maximum atomic E-state index is 12.4. The highest BCUT2D eigenvalue weighted by Crippen LogP contribution is 2.34. The summed E-state index contributed by atoms with van der Waals surface area (Å²) in [5.41, 5.74) is 0. The van der Waals surface area contributed by atoms with Crippen LogP contribution >= 0.6 is 0 Å². The van der Waals surface area contributed by atoms with Crippen molar-refractivity contribution in [3.63, 3.8) is 0 Å². The predicted octanol–water partition coefficient (Wildman–Crippen LogP) is 1.37. The summed E-state index contributed by atoms with van der Waals surface area (Å²) in [7, 11) is 0. The summed E-state index contributed by atoms with van der Waals surface area (Å²) in [4.78, 5) is 19.1. The van der Waals surface area contributed by atoms with Crippen LogP contribution in [0.1, 0.15) is 33.1 Å². The van der Waals surface area contributed by atoms with Crippen molar-refractivity contribution >= 4 is 6.03 Å². The third-order valence-electron chi connectivity index (χ3n) is 4.55. The van der Waals surface area contributed by atoms with Gasteiger partial charge in [0, 0.05) is 44.3 Å². The van der Waals surface area contributed by atoms with E-state index in [4.69, 9.17) is 0 Å². The average molecular weight is 237 g/mol. The maximum Gasteiger partial charge on any atom is 0.320 e. The monoisotopic (exact) mass is 237 g/mol. The lowest BCUT2D eigenvalue weighted by Gasteiger charge is -2.57. The van der Waals surface area contributed by atoms with E-state index < -0.39 is 0 Å². The van der Waals surface area contributed by atoms with Gasteiger partial charge in [0.1, 0.15) is 0 Å². The molecule has 4 aliphatic heterocycles. The molecule has 4 nitrogen and oxygen atoms in total. The van der Waals surface area contributed by atoms with Gasteiger partial charge in [0.2, 0.25) is 0 Å². The van der Waals surface area contributed by atoms with Crippen LogP contribution in [0.2, 0.25) is 0 Å². The zero-order chi connectivity index (χ0) is 12.0. The predicted molar refractivity (Wildman–Crippen MR) is 66.9 cm³/mol. The van der Waals surface area contributed by atoms with Gasteiger partial charge in [0.25, 0.3) is 0 Å². The van der Waals surface area contributed by atoms with E-state index in [2.05, 4.69) is 23.6 Å². The molecule has 17 heavy (non-hydrogen) atoms. The molecule has 2 atom stereocenters. The van der Waals surface area contributed by atoms with Crippen LogP contribution in [0.5, 0.6) is 0 Å². The number of piperidine rings is 1. The number of urea groups is 1. The van der Waals surface area contributed by atoms with Crippen molar-refractivity contribution in [2.24, 2.45) is 0 Å².